The Morgan fingerprint density at radius 1 is 1.04 bits per heavy atom. The number of aromatic nitrogens is 2. The predicted molar refractivity (Wildman–Crippen MR) is 94.0 cm³/mol. The van der Waals surface area contributed by atoms with Crippen molar-refractivity contribution < 1.29 is 9.59 Å². The van der Waals surface area contributed by atoms with E-state index in [0.717, 1.165) is 26.2 Å². The van der Waals surface area contributed by atoms with Crippen molar-refractivity contribution in [3.63, 3.8) is 0 Å². The molecule has 0 saturated carbocycles. The molecule has 2 heterocycles. The van der Waals surface area contributed by atoms with Crippen LogP contribution in [0.25, 0.3) is 0 Å². The Kier molecular flexibility index (Phi) is 5.79. The molecule has 132 valence electrons. The SMILES string of the molecule is O=C(NCC(=O)N1CCN(CCn2ccnc2)CC1)c1ccccc1. The lowest BCUT2D eigenvalue weighted by Gasteiger charge is -2.34. The highest BCUT2D eigenvalue weighted by Crippen LogP contribution is 2.03. The second kappa shape index (κ2) is 8.43. The molecule has 0 aliphatic carbocycles. The minimum atomic E-state index is -0.215. The third kappa shape index (κ3) is 4.90. The van der Waals surface area contributed by atoms with Crippen LogP contribution in [0.2, 0.25) is 0 Å². The topological polar surface area (TPSA) is 70.5 Å². The molecule has 0 unspecified atom stereocenters. The number of piperazine rings is 1. The molecule has 0 radical (unpaired) electrons. The number of hydrogen-bond acceptors (Lipinski definition) is 4. The summed E-state index contributed by atoms with van der Waals surface area (Å²) in [6.07, 6.45) is 5.55. The lowest BCUT2D eigenvalue weighted by atomic mass is 10.2. The Bertz CT molecular complexity index is 679. The summed E-state index contributed by atoms with van der Waals surface area (Å²) in [6.45, 7) is 5.00. The lowest BCUT2D eigenvalue weighted by Crippen LogP contribution is -2.51. The minimum Gasteiger partial charge on any atom is -0.343 e. The molecular formula is C18H23N5O2. The molecule has 1 saturated heterocycles. The Balaban J connectivity index is 1.37. The van der Waals surface area contributed by atoms with Gasteiger partial charge < -0.3 is 14.8 Å². The number of benzene rings is 1. The van der Waals surface area contributed by atoms with Gasteiger partial charge in [-0.1, -0.05) is 18.2 Å². The van der Waals surface area contributed by atoms with Gasteiger partial charge in [0.2, 0.25) is 5.91 Å². The van der Waals surface area contributed by atoms with Gasteiger partial charge in [0.25, 0.3) is 5.91 Å². The quantitative estimate of drug-likeness (QED) is 0.829. The summed E-state index contributed by atoms with van der Waals surface area (Å²) < 4.78 is 2.05. The van der Waals surface area contributed by atoms with E-state index in [-0.39, 0.29) is 18.4 Å². The van der Waals surface area contributed by atoms with Gasteiger partial charge in [-0.15, -0.1) is 0 Å². The Labute approximate surface area is 147 Å². The summed E-state index contributed by atoms with van der Waals surface area (Å²) in [5.74, 6) is -0.244. The van der Waals surface area contributed by atoms with Crippen molar-refractivity contribution in [1.82, 2.24) is 24.7 Å². The second-order valence-electron chi connectivity index (χ2n) is 6.07. The molecular weight excluding hydrogens is 318 g/mol. The van der Waals surface area contributed by atoms with Gasteiger partial charge in [-0.3, -0.25) is 14.5 Å². The highest BCUT2D eigenvalue weighted by atomic mass is 16.2. The van der Waals surface area contributed by atoms with E-state index >= 15 is 0 Å². The fourth-order valence-electron chi connectivity index (χ4n) is 2.86. The van der Waals surface area contributed by atoms with Crippen molar-refractivity contribution in [2.75, 3.05) is 39.3 Å². The Hall–Kier alpha value is -2.67. The summed E-state index contributed by atoms with van der Waals surface area (Å²) in [4.78, 5) is 32.4. The van der Waals surface area contributed by atoms with Gasteiger partial charge in [-0.2, -0.15) is 0 Å². The molecule has 1 aliphatic heterocycles. The van der Waals surface area contributed by atoms with Gasteiger partial charge in [-0.05, 0) is 12.1 Å². The van der Waals surface area contributed by atoms with Crippen LogP contribution in [0.4, 0.5) is 0 Å². The number of nitrogens with zero attached hydrogens (tertiary/aromatic N) is 4. The number of nitrogens with one attached hydrogen (secondary N) is 1. The summed E-state index contributed by atoms with van der Waals surface area (Å²) in [7, 11) is 0. The average molecular weight is 341 g/mol. The highest BCUT2D eigenvalue weighted by molar-refractivity contribution is 5.96. The van der Waals surface area contributed by atoms with Gasteiger partial charge in [0.1, 0.15) is 0 Å². The van der Waals surface area contributed by atoms with Gasteiger partial charge in [0, 0.05) is 57.2 Å². The molecule has 2 aromatic rings. The van der Waals surface area contributed by atoms with Gasteiger partial charge in [0.05, 0.1) is 12.9 Å². The normalized spacial score (nSPS) is 15.1. The Morgan fingerprint density at radius 2 is 1.80 bits per heavy atom. The summed E-state index contributed by atoms with van der Waals surface area (Å²) >= 11 is 0. The van der Waals surface area contributed by atoms with Gasteiger partial charge >= 0.3 is 0 Å². The largest absolute Gasteiger partial charge is 0.343 e. The molecule has 0 bridgehead atoms. The van der Waals surface area contributed by atoms with Crippen LogP contribution in [-0.4, -0.2) is 70.4 Å². The zero-order valence-corrected chi connectivity index (χ0v) is 14.2. The molecule has 0 atom stereocenters. The molecule has 2 amide bonds. The molecule has 1 aromatic heterocycles. The smallest absolute Gasteiger partial charge is 0.251 e. The van der Waals surface area contributed by atoms with Crippen molar-refractivity contribution in [3.05, 3.63) is 54.6 Å². The van der Waals surface area contributed by atoms with Crippen LogP contribution >= 0.6 is 0 Å². The first kappa shape index (κ1) is 17.2. The minimum absolute atomic E-state index is 0.0291. The first-order valence-electron chi connectivity index (χ1n) is 8.51. The third-order valence-electron chi connectivity index (χ3n) is 4.39. The molecule has 3 rings (SSSR count). The summed E-state index contributed by atoms with van der Waals surface area (Å²) in [5, 5.41) is 2.70. The van der Waals surface area contributed by atoms with E-state index in [0.29, 0.717) is 18.7 Å². The molecule has 1 aromatic carbocycles. The van der Waals surface area contributed by atoms with Crippen LogP contribution in [0.15, 0.2) is 49.1 Å². The van der Waals surface area contributed by atoms with Crippen LogP contribution in [0.3, 0.4) is 0 Å². The van der Waals surface area contributed by atoms with Crippen molar-refractivity contribution in [3.8, 4) is 0 Å². The number of hydrogen-bond donors (Lipinski definition) is 1. The molecule has 7 heteroatoms. The van der Waals surface area contributed by atoms with E-state index in [2.05, 4.69) is 19.8 Å². The Morgan fingerprint density at radius 3 is 2.48 bits per heavy atom. The van der Waals surface area contributed by atoms with Crippen LogP contribution in [0, 0.1) is 0 Å². The number of amides is 2. The maximum absolute atomic E-state index is 12.3. The summed E-state index contributed by atoms with van der Waals surface area (Å²) in [5.41, 5.74) is 0.569. The van der Waals surface area contributed by atoms with Crippen molar-refractivity contribution in [1.29, 1.82) is 0 Å². The van der Waals surface area contributed by atoms with Crippen LogP contribution in [0.1, 0.15) is 10.4 Å². The van der Waals surface area contributed by atoms with Crippen molar-refractivity contribution in [2.24, 2.45) is 0 Å². The molecule has 1 N–H and O–H groups in total. The van der Waals surface area contributed by atoms with Crippen molar-refractivity contribution in [2.45, 2.75) is 6.54 Å². The van der Waals surface area contributed by atoms with E-state index in [1.807, 2.05) is 23.5 Å². The zero-order chi connectivity index (χ0) is 17.5. The number of rotatable bonds is 6. The maximum Gasteiger partial charge on any atom is 0.251 e. The van der Waals surface area contributed by atoms with E-state index in [9.17, 15) is 9.59 Å². The first-order chi connectivity index (χ1) is 12.2. The van der Waals surface area contributed by atoms with Crippen LogP contribution < -0.4 is 5.32 Å². The molecule has 0 spiro atoms. The standard InChI is InChI=1S/C18H23N5O2/c24-17(14-20-18(25)16-4-2-1-3-5-16)23-12-10-21(11-13-23)8-9-22-7-6-19-15-22/h1-7,15H,8-14H2,(H,20,25). The molecule has 1 aliphatic rings. The zero-order valence-electron chi connectivity index (χ0n) is 14.2. The van der Waals surface area contributed by atoms with E-state index < -0.39 is 0 Å². The third-order valence-corrected chi connectivity index (χ3v) is 4.39. The van der Waals surface area contributed by atoms with E-state index in [1.165, 1.54) is 0 Å². The maximum atomic E-state index is 12.3. The number of carbonyl (C=O) groups excluding carboxylic acids is 2. The lowest BCUT2D eigenvalue weighted by molar-refractivity contribution is -0.131. The first-order valence-corrected chi connectivity index (χ1v) is 8.51. The highest BCUT2D eigenvalue weighted by Gasteiger charge is 2.21. The fraction of sp³-hybridized carbons (Fsp3) is 0.389. The molecule has 7 nitrogen and oxygen atoms in total. The van der Waals surface area contributed by atoms with Crippen LogP contribution in [-0.2, 0) is 11.3 Å². The van der Waals surface area contributed by atoms with Crippen molar-refractivity contribution >= 4 is 11.8 Å². The van der Waals surface area contributed by atoms with Gasteiger partial charge in [0.15, 0.2) is 0 Å². The van der Waals surface area contributed by atoms with Crippen LogP contribution in [0.5, 0.6) is 0 Å². The average Bonchev–Trinajstić information content (AvgIpc) is 3.19. The molecule has 1 fully saturated rings. The summed E-state index contributed by atoms with van der Waals surface area (Å²) in [6, 6.07) is 8.94. The van der Waals surface area contributed by atoms with E-state index in [1.54, 1.807) is 30.5 Å². The predicted octanol–water partition coefficient (Wildman–Crippen LogP) is 0.457. The fourth-order valence-corrected chi connectivity index (χ4v) is 2.86. The number of carbonyl (C=O) groups is 2. The van der Waals surface area contributed by atoms with E-state index in [4.69, 9.17) is 0 Å². The molecule has 25 heavy (non-hydrogen) atoms. The monoisotopic (exact) mass is 341 g/mol. The number of imidazole rings is 1. The second-order valence-corrected chi connectivity index (χ2v) is 6.07. The van der Waals surface area contributed by atoms with Gasteiger partial charge in [-0.25, -0.2) is 4.98 Å².